The molecule has 0 fully saturated rings. The third-order valence-electron chi connectivity index (χ3n) is 2.61. The molecule has 1 aromatic heterocycles. The molecule has 2 aromatic rings. The molecular formula is C14H16FNO2. The van der Waals surface area contributed by atoms with Crippen LogP contribution in [0.15, 0.2) is 34.9 Å². The molecule has 0 atom stereocenters. The second-order valence-electron chi connectivity index (χ2n) is 4.15. The summed E-state index contributed by atoms with van der Waals surface area (Å²) < 4.78 is 24.0. The number of hydrogen-bond acceptors (Lipinski definition) is 3. The maximum Gasteiger partial charge on any atom is 0.146 e. The van der Waals surface area contributed by atoms with Gasteiger partial charge in [0.25, 0.3) is 0 Å². The van der Waals surface area contributed by atoms with Crippen molar-refractivity contribution in [1.82, 2.24) is 5.32 Å². The summed E-state index contributed by atoms with van der Waals surface area (Å²) in [6.07, 6.45) is 1.69. The molecule has 0 radical (unpaired) electrons. The highest BCUT2D eigenvalue weighted by Crippen LogP contribution is 2.20. The third kappa shape index (κ3) is 3.11. The summed E-state index contributed by atoms with van der Waals surface area (Å²) in [7, 11) is 1.87. The van der Waals surface area contributed by atoms with Crippen LogP contribution in [0.2, 0.25) is 0 Å². The van der Waals surface area contributed by atoms with Crippen LogP contribution in [0, 0.1) is 12.7 Å². The van der Waals surface area contributed by atoms with Crippen LogP contribution < -0.4 is 10.1 Å². The Kier molecular flexibility index (Phi) is 3.99. The lowest BCUT2D eigenvalue weighted by Crippen LogP contribution is -2.03. The smallest absolute Gasteiger partial charge is 0.146 e. The minimum atomic E-state index is -0.300. The van der Waals surface area contributed by atoms with Crippen molar-refractivity contribution in [2.75, 3.05) is 7.05 Å². The number of aryl methyl sites for hydroxylation is 1. The van der Waals surface area contributed by atoms with Crippen LogP contribution in [0.5, 0.6) is 5.75 Å². The van der Waals surface area contributed by atoms with E-state index in [1.807, 2.05) is 20.0 Å². The molecule has 0 bridgehead atoms. The predicted octanol–water partition coefficient (Wildman–Crippen LogP) is 3.03. The van der Waals surface area contributed by atoms with Crippen LogP contribution in [0.25, 0.3) is 0 Å². The lowest BCUT2D eigenvalue weighted by Gasteiger charge is -2.07. The molecule has 4 heteroatoms. The fourth-order valence-electron chi connectivity index (χ4n) is 1.68. The van der Waals surface area contributed by atoms with E-state index in [0.29, 0.717) is 12.4 Å². The summed E-state index contributed by atoms with van der Waals surface area (Å²) in [5, 5.41) is 3.04. The number of halogens is 1. The number of hydrogen-bond donors (Lipinski definition) is 1. The molecule has 0 aliphatic rings. The molecule has 0 spiro atoms. The average Bonchev–Trinajstić information content (AvgIpc) is 2.79. The molecule has 18 heavy (non-hydrogen) atoms. The quantitative estimate of drug-likeness (QED) is 0.884. The monoisotopic (exact) mass is 249 g/mol. The first-order valence-electron chi connectivity index (χ1n) is 5.79. The number of furan rings is 1. The van der Waals surface area contributed by atoms with E-state index in [1.54, 1.807) is 12.3 Å². The summed E-state index contributed by atoms with van der Waals surface area (Å²) in [6, 6.07) is 6.41. The molecule has 1 aromatic carbocycles. The maximum atomic E-state index is 13.1. The van der Waals surface area contributed by atoms with Gasteiger partial charge >= 0.3 is 0 Å². The molecular weight excluding hydrogens is 233 g/mol. The van der Waals surface area contributed by atoms with Crippen molar-refractivity contribution < 1.29 is 13.5 Å². The molecule has 96 valence electrons. The van der Waals surface area contributed by atoms with Crippen molar-refractivity contribution in [1.29, 1.82) is 0 Å². The van der Waals surface area contributed by atoms with E-state index in [0.717, 1.165) is 23.4 Å². The van der Waals surface area contributed by atoms with Crippen LogP contribution in [-0.2, 0) is 13.2 Å². The van der Waals surface area contributed by atoms with Crippen molar-refractivity contribution >= 4 is 0 Å². The van der Waals surface area contributed by atoms with Crippen molar-refractivity contribution in [3.63, 3.8) is 0 Å². The Hall–Kier alpha value is -1.81. The first-order chi connectivity index (χ1) is 8.69. The molecule has 0 amide bonds. The highest BCUT2D eigenvalue weighted by atomic mass is 19.1. The van der Waals surface area contributed by atoms with Crippen LogP contribution in [0.4, 0.5) is 4.39 Å². The molecule has 0 saturated heterocycles. The Balaban J connectivity index is 1.99. The van der Waals surface area contributed by atoms with Crippen molar-refractivity contribution in [3.8, 4) is 5.75 Å². The standard InChI is InChI=1S/C14H16FNO2/c1-10-3-4-12(15)6-14(10)18-9-13-5-11(7-16-2)8-17-13/h3-6,8,16H,7,9H2,1-2H3. The first-order valence-corrected chi connectivity index (χ1v) is 5.79. The average molecular weight is 249 g/mol. The van der Waals surface area contributed by atoms with Gasteiger partial charge in [-0.25, -0.2) is 4.39 Å². The molecule has 1 heterocycles. The molecule has 0 saturated carbocycles. The van der Waals surface area contributed by atoms with E-state index < -0.39 is 0 Å². The van der Waals surface area contributed by atoms with E-state index in [-0.39, 0.29) is 5.82 Å². The normalized spacial score (nSPS) is 10.6. The summed E-state index contributed by atoms with van der Waals surface area (Å²) >= 11 is 0. The van der Waals surface area contributed by atoms with E-state index in [4.69, 9.17) is 9.15 Å². The molecule has 2 rings (SSSR count). The van der Waals surface area contributed by atoms with E-state index in [9.17, 15) is 4.39 Å². The first kappa shape index (κ1) is 12.6. The Morgan fingerprint density at radius 2 is 2.17 bits per heavy atom. The van der Waals surface area contributed by atoms with Crippen molar-refractivity contribution in [2.24, 2.45) is 0 Å². The summed E-state index contributed by atoms with van der Waals surface area (Å²) in [5.41, 5.74) is 1.96. The fraction of sp³-hybridized carbons (Fsp3) is 0.286. The van der Waals surface area contributed by atoms with Gasteiger partial charge in [0.2, 0.25) is 0 Å². The second kappa shape index (κ2) is 5.69. The third-order valence-corrected chi connectivity index (χ3v) is 2.61. The fourth-order valence-corrected chi connectivity index (χ4v) is 1.68. The Morgan fingerprint density at radius 3 is 2.94 bits per heavy atom. The molecule has 0 aliphatic carbocycles. The Bertz CT molecular complexity index is 522. The minimum Gasteiger partial charge on any atom is -0.485 e. The van der Waals surface area contributed by atoms with E-state index in [1.165, 1.54) is 12.1 Å². The molecule has 1 N–H and O–H groups in total. The zero-order chi connectivity index (χ0) is 13.0. The Labute approximate surface area is 106 Å². The van der Waals surface area contributed by atoms with Gasteiger partial charge in [-0.1, -0.05) is 6.07 Å². The minimum absolute atomic E-state index is 0.300. The highest BCUT2D eigenvalue weighted by molar-refractivity contribution is 5.32. The van der Waals surface area contributed by atoms with Crippen LogP contribution in [-0.4, -0.2) is 7.05 Å². The topological polar surface area (TPSA) is 34.4 Å². The molecule has 0 aliphatic heterocycles. The van der Waals surface area contributed by atoms with Gasteiger partial charge in [0.15, 0.2) is 0 Å². The maximum absolute atomic E-state index is 13.1. The number of nitrogens with one attached hydrogen (secondary N) is 1. The van der Waals surface area contributed by atoms with Gasteiger partial charge in [-0.2, -0.15) is 0 Å². The summed E-state index contributed by atoms with van der Waals surface area (Å²) in [6.45, 7) is 2.93. The van der Waals surface area contributed by atoms with E-state index in [2.05, 4.69) is 5.32 Å². The zero-order valence-corrected chi connectivity index (χ0v) is 10.5. The molecule has 3 nitrogen and oxygen atoms in total. The van der Waals surface area contributed by atoms with Crippen molar-refractivity contribution in [3.05, 3.63) is 53.2 Å². The van der Waals surface area contributed by atoms with Gasteiger partial charge in [0, 0.05) is 18.2 Å². The SMILES string of the molecule is CNCc1coc(COc2cc(F)ccc2C)c1. The van der Waals surface area contributed by atoms with Crippen LogP contribution in [0.1, 0.15) is 16.9 Å². The lowest BCUT2D eigenvalue weighted by molar-refractivity contribution is 0.267. The summed E-state index contributed by atoms with van der Waals surface area (Å²) in [5.74, 6) is 0.969. The van der Waals surface area contributed by atoms with Crippen molar-refractivity contribution in [2.45, 2.75) is 20.1 Å². The predicted molar refractivity (Wildman–Crippen MR) is 66.9 cm³/mol. The van der Waals surface area contributed by atoms with Gasteiger partial charge in [0.05, 0.1) is 6.26 Å². The van der Waals surface area contributed by atoms with Gasteiger partial charge in [-0.15, -0.1) is 0 Å². The number of rotatable bonds is 5. The lowest BCUT2D eigenvalue weighted by atomic mass is 10.2. The second-order valence-corrected chi connectivity index (χ2v) is 4.15. The zero-order valence-electron chi connectivity index (χ0n) is 10.5. The van der Waals surface area contributed by atoms with Crippen LogP contribution >= 0.6 is 0 Å². The highest BCUT2D eigenvalue weighted by Gasteiger charge is 2.05. The number of ether oxygens (including phenoxy) is 1. The Morgan fingerprint density at radius 1 is 1.33 bits per heavy atom. The van der Waals surface area contributed by atoms with Gasteiger partial charge in [0.1, 0.15) is 23.9 Å². The van der Waals surface area contributed by atoms with Crippen LogP contribution in [0.3, 0.4) is 0 Å². The van der Waals surface area contributed by atoms with Gasteiger partial charge in [-0.3, -0.25) is 0 Å². The molecule has 0 unspecified atom stereocenters. The largest absolute Gasteiger partial charge is 0.485 e. The summed E-state index contributed by atoms with van der Waals surface area (Å²) in [4.78, 5) is 0. The van der Waals surface area contributed by atoms with E-state index >= 15 is 0 Å². The number of benzene rings is 1. The van der Waals surface area contributed by atoms with Gasteiger partial charge in [-0.05, 0) is 31.7 Å². The van der Waals surface area contributed by atoms with Gasteiger partial charge < -0.3 is 14.5 Å².